The lowest BCUT2D eigenvalue weighted by Gasteiger charge is -2.11. The number of ether oxygens (including phenoxy) is 1. The third-order valence-electron chi connectivity index (χ3n) is 4.49. The number of thiazole rings is 1. The highest BCUT2D eigenvalue weighted by atomic mass is 32.1. The molecule has 0 bridgehead atoms. The summed E-state index contributed by atoms with van der Waals surface area (Å²) in [6.07, 6.45) is -4.02. The number of aryl methyl sites for hydroxylation is 1. The Morgan fingerprint density at radius 3 is 2.47 bits per heavy atom. The van der Waals surface area contributed by atoms with E-state index in [9.17, 15) is 22.8 Å². The van der Waals surface area contributed by atoms with Crippen LogP contribution in [0.25, 0.3) is 10.6 Å². The number of benzene rings is 2. The van der Waals surface area contributed by atoms with Crippen LogP contribution in [0.3, 0.4) is 0 Å². The van der Waals surface area contributed by atoms with Crippen molar-refractivity contribution in [2.45, 2.75) is 19.5 Å². The lowest BCUT2D eigenvalue weighted by atomic mass is 10.1. The van der Waals surface area contributed by atoms with Gasteiger partial charge in [0.1, 0.15) is 10.8 Å². The summed E-state index contributed by atoms with van der Waals surface area (Å²) < 4.78 is 43.2. The van der Waals surface area contributed by atoms with Crippen LogP contribution >= 0.6 is 11.3 Å². The van der Waals surface area contributed by atoms with E-state index in [1.54, 1.807) is 17.5 Å². The molecule has 1 aromatic heterocycles. The van der Waals surface area contributed by atoms with Crippen molar-refractivity contribution in [2.24, 2.45) is 0 Å². The Morgan fingerprint density at radius 1 is 1.09 bits per heavy atom. The number of rotatable bonds is 6. The van der Waals surface area contributed by atoms with Gasteiger partial charge in [-0.25, -0.2) is 4.98 Å². The van der Waals surface area contributed by atoms with Gasteiger partial charge in [0.2, 0.25) is 0 Å². The third-order valence-corrected chi connectivity index (χ3v) is 5.43. The molecule has 32 heavy (non-hydrogen) atoms. The Hall–Kier alpha value is -3.40. The zero-order chi connectivity index (χ0) is 23.3. The maximum atomic E-state index is 12.7. The Morgan fingerprint density at radius 2 is 1.81 bits per heavy atom. The van der Waals surface area contributed by atoms with Crippen LogP contribution in [0, 0.1) is 6.92 Å². The number of amides is 2. The number of alkyl halides is 3. The molecule has 3 aromatic rings. The molecule has 6 nitrogen and oxygen atoms in total. The van der Waals surface area contributed by atoms with Gasteiger partial charge < -0.3 is 15.4 Å². The zero-order valence-corrected chi connectivity index (χ0v) is 18.1. The van der Waals surface area contributed by atoms with Gasteiger partial charge in [0.25, 0.3) is 0 Å². The molecule has 3 rings (SSSR count). The van der Waals surface area contributed by atoms with E-state index >= 15 is 0 Å². The molecule has 0 radical (unpaired) electrons. The van der Waals surface area contributed by atoms with E-state index in [1.165, 1.54) is 30.6 Å². The van der Waals surface area contributed by atoms with Gasteiger partial charge in [0.15, 0.2) is 0 Å². The Balaban J connectivity index is 1.52. The van der Waals surface area contributed by atoms with Gasteiger partial charge in [0, 0.05) is 23.9 Å². The summed E-state index contributed by atoms with van der Waals surface area (Å²) in [6, 6.07) is 9.98. The molecule has 0 saturated heterocycles. The molecule has 0 atom stereocenters. The van der Waals surface area contributed by atoms with Gasteiger partial charge in [-0.1, -0.05) is 18.2 Å². The molecule has 2 N–H and O–H groups in total. The molecule has 2 aromatic carbocycles. The second-order valence-electron chi connectivity index (χ2n) is 6.88. The van der Waals surface area contributed by atoms with E-state index in [0.717, 1.165) is 17.7 Å². The van der Waals surface area contributed by atoms with E-state index in [1.807, 2.05) is 13.0 Å². The Bertz CT molecular complexity index is 1110. The minimum Gasteiger partial charge on any atom is -0.495 e. The number of hydrogen-bond acceptors (Lipinski definition) is 5. The fourth-order valence-corrected chi connectivity index (χ4v) is 3.70. The van der Waals surface area contributed by atoms with E-state index in [4.69, 9.17) is 4.74 Å². The third kappa shape index (κ3) is 5.85. The van der Waals surface area contributed by atoms with Gasteiger partial charge in [-0.05, 0) is 36.8 Å². The van der Waals surface area contributed by atoms with Gasteiger partial charge in [0.05, 0.1) is 24.1 Å². The molecule has 0 unspecified atom stereocenters. The number of methoxy groups -OCH3 is 1. The molecule has 10 heteroatoms. The molecule has 0 spiro atoms. The fraction of sp³-hybridized carbons (Fsp3) is 0.227. The summed E-state index contributed by atoms with van der Waals surface area (Å²) in [5, 5.41) is 7.38. The number of hydrogen-bond donors (Lipinski definition) is 2. The first kappa shape index (κ1) is 23.3. The van der Waals surface area contributed by atoms with Crippen molar-refractivity contribution >= 4 is 28.8 Å². The van der Waals surface area contributed by atoms with Crippen LogP contribution in [0.15, 0.2) is 47.8 Å². The molecule has 0 aliphatic heterocycles. The van der Waals surface area contributed by atoms with Gasteiger partial charge in [-0.2, -0.15) is 13.2 Å². The Labute approximate surface area is 186 Å². The van der Waals surface area contributed by atoms with E-state index in [2.05, 4.69) is 15.6 Å². The van der Waals surface area contributed by atoms with Crippen molar-refractivity contribution in [3.8, 4) is 16.3 Å². The molecule has 0 aliphatic rings. The van der Waals surface area contributed by atoms with Crippen LogP contribution in [0.5, 0.6) is 5.75 Å². The molecular weight excluding hydrogens is 443 g/mol. The monoisotopic (exact) mass is 463 g/mol. The van der Waals surface area contributed by atoms with Crippen molar-refractivity contribution in [1.29, 1.82) is 0 Å². The van der Waals surface area contributed by atoms with Crippen LogP contribution < -0.4 is 15.4 Å². The number of halogens is 3. The predicted molar refractivity (Wildman–Crippen MR) is 116 cm³/mol. The number of nitrogens with one attached hydrogen (secondary N) is 2. The van der Waals surface area contributed by atoms with Crippen LogP contribution in [0.2, 0.25) is 0 Å². The molecule has 0 fully saturated rings. The summed E-state index contributed by atoms with van der Waals surface area (Å²) in [4.78, 5) is 28.6. The number of carbonyl (C=O) groups is 2. The average molecular weight is 463 g/mol. The second-order valence-corrected chi connectivity index (χ2v) is 7.74. The maximum absolute atomic E-state index is 12.7. The zero-order valence-electron chi connectivity index (χ0n) is 17.2. The minimum absolute atomic E-state index is 0.174. The van der Waals surface area contributed by atoms with Crippen molar-refractivity contribution in [1.82, 2.24) is 10.3 Å². The van der Waals surface area contributed by atoms with Gasteiger partial charge in [-0.3, -0.25) is 9.59 Å². The minimum atomic E-state index is -4.39. The van der Waals surface area contributed by atoms with E-state index < -0.39 is 23.6 Å². The first-order valence-corrected chi connectivity index (χ1v) is 10.4. The quantitative estimate of drug-likeness (QED) is 0.530. The number of aromatic nitrogens is 1. The van der Waals surface area contributed by atoms with Crippen LogP contribution in [0.1, 0.15) is 16.8 Å². The number of carbonyl (C=O) groups excluding carboxylic acids is 2. The lowest BCUT2D eigenvalue weighted by Crippen LogP contribution is -2.36. The summed E-state index contributed by atoms with van der Waals surface area (Å²) in [6.45, 7) is 2.02. The topological polar surface area (TPSA) is 80.3 Å². The second kappa shape index (κ2) is 9.82. The summed E-state index contributed by atoms with van der Waals surface area (Å²) in [7, 11) is 1.47. The summed E-state index contributed by atoms with van der Waals surface area (Å²) in [5.41, 5.74) is 1.81. The first-order valence-electron chi connectivity index (χ1n) is 9.53. The number of anilines is 1. The van der Waals surface area contributed by atoms with Crippen molar-refractivity contribution in [3.63, 3.8) is 0 Å². The molecule has 0 aliphatic carbocycles. The van der Waals surface area contributed by atoms with Crippen molar-refractivity contribution in [3.05, 3.63) is 64.7 Å². The van der Waals surface area contributed by atoms with Crippen LogP contribution in [0.4, 0.5) is 18.9 Å². The van der Waals surface area contributed by atoms with E-state index in [0.29, 0.717) is 34.1 Å². The predicted octanol–water partition coefficient (Wildman–Crippen LogP) is 4.44. The lowest BCUT2D eigenvalue weighted by molar-refractivity contribution is -0.137. The van der Waals surface area contributed by atoms with Crippen LogP contribution in [-0.4, -0.2) is 30.5 Å². The van der Waals surface area contributed by atoms with Crippen LogP contribution in [-0.2, 0) is 22.2 Å². The highest BCUT2D eigenvalue weighted by molar-refractivity contribution is 7.13. The van der Waals surface area contributed by atoms with Crippen molar-refractivity contribution in [2.75, 3.05) is 19.0 Å². The molecule has 1 heterocycles. The summed E-state index contributed by atoms with van der Waals surface area (Å²) >= 11 is 1.29. The number of nitrogens with zero attached hydrogens (tertiary/aromatic N) is 1. The normalized spacial score (nSPS) is 11.2. The largest absolute Gasteiger partial charge is 0.495 e. The SMILES string of the molecule is COc1ccc(C)cc1NC(=O)C(=O)NCCc1csc(-c2ccc(C(F)(F)F)cc2)n1. The molecule has 0 saturated carbocycles. The highest BCUT2D eigenvalue weighted by Gasteiger charge is 2.30. The standard InChI is InChI=1S/C22H20F3N3O3S/c1-13-3-8-18(31-2)17(11-13)28-20(30)19(29)26-10-9-16-12-32-21(27-16)14-4-6-15(7-5-14)22(23,24)25/h3-8,11-12H,9-10H2,1-2H3,(H,26,29)(H,28,30). The van der Waals surface area contributed by atoms with E-state index in [-0.39, 0.29) is 6.54 Å². The molecule has 2 amide bonds. The average Bonchev–Trinajstić information content (AvgIpc) is 3.22. The van der Waals surface area contributed by atoms with Crippen molar-refractivity contribution < 1.29 is 27.5 Å². The summed E-state index contributed by atoms with van der Waals surface area (Å²) in [5.74, 6) is -1.18. The first-order chi connectivity index (χ1) is 15.2. The maximum Gasteiger partial charge on any atom is 0.416 e. The molecular formula is C22H20F3N3O3S. The molecule has 168 valence electrons. The fourth-order valence-electron chi connectivity index (χ4n) is 2.84. The smallest absolute Gasteiger partial charge is 0.416 e. The Kier molecular flexibility index (Phi) is 7.14. The van der Waals surface area contributed by atoms with Gasteiger partial charge in [-0.15, -0.1) is 11.3 Å². The van der Waals surface area contributed by atoms with Gasteiger partial charge >= 0.3 is 18.0 Å². The highest BCUT2D eigenvalue weighted by Crippen LogP contribution is 2.31.